The molecule has 5 rings (SSSR count). The molecule has 2 aliphatic heterocycles. The first-order valence-electron chi connectivity index (χ1n) is 11.6. The molecule has 0 N–H and O–H groups in total. The first-order valence-corrected chi connectivity index (χ1v) is 13.5. The monoisotopic (exact) mass is 496 g/mol. The number of furan rings is 1. The summed E-state index contributed by atoms with van der Waals surface area (Å²) >= 11 is 0. The summed E-state index contributed by atoms with van der Waals surface area (Å²) in [5.74, 6) is 1.86. The van der Waals surface area contributed by atoms with Gasteiger partial charge in [-0.2, -0.15) is 0 Å². The third kappa shape index (κ3) is 5.21. The minimum atomic E-state index is -3.29. The molecule has 2 aliphatic rings. The fraction of sp³-hybridized carbons (Fsp3) is 0.346. The highest BCUT2D eigenvalue weighted by atomic mass is 32.2. The Bertz CT molecular complexity index is 1300. The highest BCUT2D eigenvalue weighted by molar-refractivity contribution is 7.90. The average Bonchev–Trinajstić information content (AvgIpc) is 3.54. The number of benzene rings is 2. The molecule has 0 saturated carbocycles. The smallest absolute Gasteiger partial charge is 0.254 e. The zero-order valence-corrected chi connectivity index (χ0v) is 20.4. The zero-order chi connectivity index (χ0) is 24.4. The Morgan fingerprint density at radius 2 is 1.80 bits per heavy atom. The topological polar surface area (TPSA) is 89.3 Å². The van der Waals surface area contributed by atoms with Gasteiger partial charge in [-0.25, -0.2) is 8.42 Å². The molecule has 3 heterocycles. The fourth-order valence-electron chi connectivity index (χ4n) is 4.76. The number of carbonyl (C=O) groups excluding carboxylic acids is 1. The van der Waals surface area contributed by atoms with E-state index in [0.29, 0.717) is 35.0 Å². The Kier molecular flexibility index (Phi) is 6.53. The molecule has 0 radical (unpaired) electrons. The van der Waals surface area contributed by atoms with Crippen molar-refractivity contribution in [1.82, 2.24) is 9.80 Å². The summed E-state index contributed by atoms with van der Waals surface area (Å²) in [5.41, 5.74) is 1.35. The van der Waals surface area contributed by atoms with Crippen molar-refractivity contribution < 1.29 is 27.1 Å². The van der Waals surface area contributed by atoms with Gasteiger partial charge in [0.05, 0.1) is 17.7 Å². The van der Waals surface area contributed by atoms with Crippen LogP contribution in [0.3, 0.4) is 0 Å². The van der Waals surface area contributed by atoms with Crippen LogP contribution in [-0.2, 0) is 22.9 Å². The van der Waals surface area contributed by atoms with E-state index in [1.165, 1.54) is 6.26 Å². The van der Waals surface area contributed by atoms with Crippen LogP contribution in [0.15, 0.2) is 70.2 Å². The van der Waals surface area contributed by atoms with Gasteiger partial charge in [0.25, 0.3) is 5.91 Å². The summed E-state index contributed by atoms with van der Waals surface area (Å²) in [6.07, 6.45) is 4.41. The second kappa shape index (κ2) is 9.75. The molecule has 1 saturated heterocycles. The van der Waals surface area contributed by atoms with E-state index in [9.17, 15) is 13.2 Å². The van der Waals surface area contributed by atoms with E-state index in [4.69, 9.17) is 13.9 Å². The second-order valence-corrected chi connectivity index (χ2v) is 11.0. The van der Waals surface area contributed by atoms with Gasteiger partial charge in [-0.15, -0.1) is 0 Å². The fourth-order valence-corrected chi connectivity index (χ4v) is 5.69. The number of likely N-dealkylation sites (tertiary alicyclic amines) is 1. The number of carbonyl (C=O) groups is 1. The summed E-state index contributed by atoms with van der Waals surface area (Å²) in [4.78, 5) is 18.1. The summed E-state index contributed by atoms with van der Waals surface area (Å²) in [5, 5.41) is 0. The van der Waals surface area contributed by atoms with Crippen molar-refractivity contribution in [2.45, 2.75) is 36.9 Å². The SMILES string of the molecule is CS(=O)(=O)c1ccccc1CN1CCC(N(Cc2ccco2)C(=O)c2ccc3c(c2)OCO3)CC1. The lowest BCUT2D eigenvalue weighted by Gasteiger charge is -2.38. The highest BCUT2D eigenvalue weighted by Crippen LogP contribution is 2.33. The van der Waals surface area contributed by atoms with Crippen molar-refractivity contribution in [1.29, 1.82) is 0 Å². The van der Waals surface area contributed by atoms with Gasteiger partial charge in [-0.05, 0) is 54.8 Å². The Morgan fingerprint density at radius 1 is 1.03 bits per heavy atom. The maximum absolute atomic E-state index is 13.6. The van der Waals surface area contributed by atoms with Crippen LogP contribution < -0.4 is 9.47 Å². The molecule has 0 atom stereocenters. The Hall–Kier alpha value is -3.30. The van der Waals surface area contributed by atoms with Crippen LogP contribution in [0.5, 0.6) is 11.5 Å². The number of piperidine rings is 1. The molecular formula is C26H28N2O6S. The van der Waals surface area contributed by atoms with Gasteiger partial charge >= 0.3 is 0 Å². The number of hydrogen-bond donors (Lipinski definition) is 0. The summed E-state index contributed by atoms with van der Waals surface area (Å²) in [7, 11) is -3.29. The third-order valence-corrected chi connectivity index (χ3v) is 7.75. The van der Waals surface area contributed by atoms with E-state index in [1.807, 2.05) is 29.2 Å². The van der Waals surface area contributed by atoms with Crippen LogP contribution in [-0.4, -0.2) is 56.3 Å². The van der Waals surface area contributed by atoms with Gasteiger partial charge in [-0.1, -0.05) is 18.2 Å². The molecule has 9 heteroatoms. The van der Waals surface area contributed by atoms with Gasteiger partial charge in [0.15, 0.2) is 21.3 Å². The van der Waals surface area contributed by atoms with E-state index < -0.39 is 9.84 Å². The lowest BCUT2D eigenvalue weighted by molar-refractivity contribution is 0.0522. The van der Waals surface area contributed by atoms with Crippen LogP contribution in [0, 0.1) is 0 Å². The normalized spacial score (nSPS) is 16.4. The molecule has 35 heavy (non-hydrogen) atoms. The molecular weight excluding hydrogens is 468 g/mol. The maximum atomic E-state index is 13.6. The molecule has 8 nitrogen and oxygen atoms in total. The summed E-state index contributed by atoms with van der Waals surface area (Å²) in [6.45, 7) is 2.60. The van der Waals surface area contributed by atoms with Crippen molar-refractivity contribution in [2.75, 3.05) is 26.1 Å². The molecule has 1 aromatic heterocycles. The first-order chi connectivity index (χ1) is 16.9. The molecule has 184 valence electrons. The maximum Gasteiger partial charge on any atom is 0.254 e. The summed E-state index contributed by atoms with van der Waals surface area (Å²) < 4.78 is 40.8. The molecule has 1 amide bonds. The average molecular weight is 497 g/mol. The predicted octanol–water partition coefficient (Wildman–Crippen LogP) is 3.72. The molecule has 3 aromatic rings. The van der Waals surface area contributed by atoms with Crippen LogP contribution in [0.1, 0.15) is 34.5 Å². The number of rotatable bonds is 7. The molecule has 0 bridgehead atoms. The van der Waals surface area contributed by atoms with E-state index >= 15 is 0 Å². The van der Waals surface area contributed by atoms with Gasteiger partial charge < -0.3 is 18.8 Å². The quantitative estimate of drug-likeness (QED) is 0.493. The van der Waals surface area contributed by atoms with Gasteiger partial charge in [0.1, 0.15) is 5.76 Å². The van der Waals surface area contributed by atoms with Crippen molar-refractivity contribution in [3.8, 4) is 11.5 Å². The van der Waals surface area contributed by atoms with E-state index in [0.717, 1.165) is 37.3 Å². The second-order valence-electron chi connectivity index (χ2n) is 8.97. The Morgan fingerprint density at radius 3 is 2.54 bits per heavy atom. The Balaban J connectivity index is 1.31. The van der Waals surface area contributed by atoms with Crippen molar-refractivity contribution in [2.24, 2.45) is 0 Å². The van der Waals surface area contributed by atoms with Crippen LogP contribution >= 0.6 is 0 Å². The number of fused-ring (bicyclic) bond motifs is 1. The molecule has 0 aliphatic carbocycles. The number of sulfone groups is 1. The van der Waals surface area contributed by atoms with E-state index in [2.05, 4.69) is 4.90 Å². The Labute approximate surface area is 205 Å². The first kappa shape index (κ1) is 23.4. The third-order valence-electron chi connectivity index (χ3n) is 6.55. The number of amides is 1. The van der Waals surface area contributed by atoms with E-state index in [-0.39, 0.29) is 18.7 Å². The molecule has 2 aromatic carbocycles. The van der Waals surface area contributed by atoms with Gasteiger partial charge in [-0.3, -0.25) is 9.69 Å². The number of hydrogen-bond acceptors (Lipinski definition) is 7. The van der Waals surface area contributed by atoms with Crippen molar-refractivity contribution in [3.63, 3.8) is 0 Å². The van der Waals surface area contributed by atoms with Gasteiger partial charge in [0, 0.05) is 37.5 Å². The van der Waals surface area contributed by atoms with Crippen LogP contribution in [0.2, 0.25) is 0 Å². The lowest BCUT2D eigenvalue weighted by Crippen LogP contribution is -2.46. The van der Waals surface area contributed by atoms with Gasteiger partial charge in [0.2, 0.25) is 6.79 Å². The predicted molar refractivity (Wildman–Crippen MR) is 129 cm³/mol. The van der Waals surface area contributed by atoms with Crippen molar-refractivity contribution >= 4 is 15.7 Å². The zero-order valence-electron chi connectivity index (χ0n) is 19.6. The van der Waals surface area contributed by atoms with Crippen LogP contribution in [0.4, 0.5) is 0 Å². The van der Waals surface area contributed by atoms with Crippen LogP contribution in [0.25, 0.3) is 0 Å². The highest BCUT2D eigenvalue weighted by Gasteiger charge is 2.30. The molecule has 1 fully saturated rings. The largest absolute Gasteiger partial charge is 0.467 e. The standard InChI is InChI=1S/C26H28N2O6S/c1-35(30,31)25-7-3-2-5-20(25)16-27-12-10-21(11-13-27)28(17-22-6-4-14-32-22)26(29)19-8-9-23-24(15-19)34-18-33-23/h2-9,14-15,21H,10-13,16-18H2,1H3. The minimum absolute atomic E-state index is 0.0272. The van der Waals surface area contributed by atoms with Crippen molar-refractivity contribution in [3.05, 3.63) is 77.7 Å². The van der Waals surface area contributed by atoms with E-state index in [1.54, 1.807) is 36.6 Å². The molecule has 0 unspecified atom stereocenters. The number of nitrogens with zero attached hydrogens (tertiary/aromatic N) is 2. The summed E-state index contributed by atoms with van der Waals surface area (Å²) in [6, 6.07) is 16.1. The number of ether oxygens (including phenoxy) is 2. The lowest BCUT2D eigenvalue weighted by atomic mass is 10.0. The minimum Gasteiger partial charge on any atom is -0.467 e. The molecule has 0 spiro atoms.